The molecule has 0 unspecified atom stereocenters. The highest BCUT2D eigenvalue weighted by Gasteiger charge is 2.61. The van der Waals surface area contributed by atoms with Gasteiger partial charge in [-0.2, -0.15) is 0 Å². The van der Waals surface area contributed by atoms with Crippen molar-refractivity contribution in [3.63, 3.8) is 0 Å². The normalized spacial score (nSPS) is 22.9. The monoisotopic (exact) mass is 500 g/mol. The van der Waals surface area contributed by atoms with Crippen molar-refractivity contribution in [2.24, 2.45) is 11.3 Å². The Morgan fingerprint density at radius 2 is 1.97 bits per heavy atom. The molecule has 0 radical (unpaired) electrons. The number of aryl methyl sites for hydroxylation is 1. The lowest BCUT2D eigenvalue weighted by Crippen LogP contribution is -2.22. The third-order valence-corrected chi connectivity index (χ3v) is 7.74. The maximum Gasteiger partial charge on any atom is 0.309 e. The van der Waals surface area contributed by atoms with Gasteiger partial charge in [0, 0.05) is 17.0 Å². The molecule has 2 aromatic carbocycles. The number of carbonyl (C=O) groups is 1. The van der Waals surface area contributed by atoms with Crippen LogP contribution < -0.4 is 4.74 Å². The summed E-state index contributed by atoms with van der Waals surface area (Å²) in [5.74, 6) is 0.751. The first-order valence-corrected chi connectivity index (χ1v) is 12.1. The van der Waals surface area contributed by atoms with Gasteiger partial charge in [0.1, 0.15) is 12.4 Å². The van der Waals surface area contributed by atoms with E-state index in [0.29, 0.717) is 6.61 Å². The molecule has 2 aromatic rings. The molecule has 4 nitrogen and oxygen atoms in total. The fraction of sp³-hybridized carbons (Fsp3) is 0.519. The van der Waals surface area contributed by atoms with Gasteiger partial charge in [0.15, 0.2) is 0 Å². The topological polar surface area (TPSA) is 44.8 Å². The zero-order chi connectivity index (χ0) is 23.1. The third-order valence-electron chi connectivity index (χ3n) is 7.02. The molecule has 4 rings (SSSR count). The van der Waals surface area contributed by atoms with Crippen LogP contribution in [0.5, 0.6) is 5.75 Å². The number of methoxy groups -OCH3 is 2. The molecule has 0 aromatic heterocycles. The summed E-state index contributed by atoms with van der Waals surface area (Å²) in [6.45, 7) is 7.02. The Morgan fingerprint density at radius 3 is 2.66 bits per heavy atom. The highest BCUT2D eigenvalue weighted by atomic mass is 79.9. The van der Waals surface area contributed by atoms with Crippen LogP contribution in [0, 0.1) is 11.3 Å². The summed E-state index contributed by atoms with van der Waals surface area (Å²) in [4.78, 5) is 12.2. The molecule has 0 N–H and O–H groups in total. The quantitative estimate of drug-likeness (QED) is 0.423. The summed E-state index contributed by atoms with van der Waals surface area (Å²) in [5.41, 5.74) is 4.77. The third kappa shape index (κ3) is 4.34. The van der Waals surface area contributed by atoms with E-state index >= 15 is 0 Å². The number of carbonyl (C=O) groups excluding carboxylic acids is 1. The number of ether oxygens (including phenoxy) is 3. The van der Waals surface area contributed by atoms with Crippen LogP contribution in [0.15, 0.2) is 40.9 Å². The van der Waals surface area contributed by atoms with Crippen LogP contribution in [0.4, 0.5) is 0 Å². The number of benzene rings is 2. The predicted molar refractivity (Wildman–Crippen MR) is 129 cm³/mol. The van der Waals surface area contributed by atoms with Gasteiger partial charge in [-0.05, 0) is 77.6 Å². The van der Waals surface area contributed by atoms with Crippen molar-refractivity contribution in [2.45, 2.75) is 64.6 Å². The number of halogens is 1. The minimum absolute atomic E-state index is 0.0146. The van der Waals surface area contributed by atoms with Gasteiger partial charge in [-0.3, -0.25) is 4.79 Å². The summed E-state index contributed by atoms with van der Waals surface area (Å²) >= 11 is 3.69. The maximum absolute atomic E-state index is 12.2. The Bertz CT molecular complexity index is 1010. The van der Waals surface area contributed by atoms with Gasteiger partial charge in [-0.1, -0.05) is 48.8 Å². The van der Waals surface area contributed by atoms with Crippen LogP contribution in [0.25, 0.3) is 0 Å². The molecule has 5 heteroatoms. The fourth-order valence-corrected chi connectivity index (χ4v) is 5.84. The number of esters is 1. The molecule has 2 aliphatic carbocycles. The van der Waals surface area contributed by atoms with Crippen molar-refractivity contribution in [3.05, 3.63) is 63.1 Å². The lowest BCUT2D eigenvalue weighted by atomic mass is 9.78. The number of fused-ring (bicyclic) bond motifs is 2. The van der Waals surface area contributed by atoms with Gasteiger partial charge in [-0.25, -0.2) is 0 Å². The molecule has 0 aliphatic heterocycles. The zero-order valence-corrected chi connectivity index (χ0v) is 21.3. The van der Waals surface area contributed by atoms with E-state index in [1.807, 2.05) is 0 Å². The molecule has 3 atom stereocenters. The van der Waals surface area contributed by atoms with Crippen LogP contribution in [-0.2, 0) is 32.7 Å². The molecule has 32 heavy (non-hydrogen) atoms. The van der Waals surface area contributed by atoms with Gasteiger partial charge in [0.2, 0.25) is 0 Å². The zero-order valence-electron chi connectivity index (χ0n) is 19.7. The van der Waals surface area contributed by atoms with Gasteiger partial charge in [0.05, 0.1) is 19.1 Å². The highest BCUT2D eigenvalue weighted by Crippen LogP contribution is 2.61. The summed E-state index contributed by atoms with van der Waals surface area (Å²) in [5, 5.41) is 0. The number of hydrogen-bond donors (Lipinski definition) is 0. The van der Waals surface area contributed by atoms with Crippen molar-refractivity contribution in [3.8, 4) is 5.75 Å². The standard InChI is InChI=1S/C27H33BrO4/c1-26(2,3)24(30-4)20-13-17(8-11-23(20)28)16-32-19-10-9-18-7-6-12-27(21(18)14-19)15-22(27)25(29)31-5/h8-11,13-14,22,24H,6-7,12,15-16H2,1-5H3/t22-,24+,27-/m1/s1. The predicted octanol–water partition coefficient (Wildman–Crippen LogP) is 6.53. The number of rotatable bonds is 6. The molecule has 0 bridgehead atoms. The molecule has 1 spiro atoms. The average Bonchev–Trinajstić information content (AvgIpc) is 3.48. The second-order valence-corrected chi connectivity index (χ2v) is 11.1. The molecule has 1 fully saturated rings. The Hall–Kier alpha value is -1.85. The maximum atomic E-state index is 12.2. The Morgan fingerprint density at radius 1 is 1.19 bits per heavy atom. The second kappa shape index (κ2) is 8.83. The lowest BCUT2D eigenvalue weighted by molar-refractivity contribution is -0.142. The minimum atomic E-state index is -0.0851. The van der Waals surface area contributed by atoms with E-state index in [0.717, 1.165) is 47.0 Å². The van der Waals surface area contributed by atoms with Crippen molar-refractivity contribution >= 4 is 21.9 Å². The molecule has 172 valence electrons. The molecular formula is C27H33BrO4. The van der Waals surface area contributed by atoms with E-state index in [1.54, 1.807) is 7.11 Å². The SMILES string of the molecule is COC(=O)[C@H]1C[C@@]12CCCc1ccc(OCc3ccc(Br)c([C@H](OC)C(C)(C)C)c3)cc12. The molecule has 1 saturated carbocycles. The van der Waals surface area contributed by atoms with Crippen LogP contribution in [0.3, 0.4) is 0 Å². The van der Waals surface area contributed by atoms with E-state index < -0.39 is 0 Å². The van der Waals surface area contributed by atoms with Crippen LogP contribution in [-0.4, -0.2) is 20.2 Å². The molecule has 2 aliphatic rings. The van der Waals surface area contributed by atoms with Crippen molar-refractivity contribution in [1.82, 2.24) is 0 Å². The molecular weight excluding hydrogens is 468 g/mol. The highest BCUT2D eigenvalue weighted by molar-refractivity contribution is 9.10. The van der Waals surface area contributed by atoms with Crippen molar-refractivity contribution in [1.29, 1.82) is 0 Å². The Kier molecular flexibility index (Phi) is 6.43. The van der Waals surface area contributed by atoms with Gasteiger partial charge < -0.3 is 14.2 Å². The van der Waals surface area contributed by atoms with Crippen LogP contribution in [0.2, 0.25) is 0 Å². The van der Waals surface area contributed by atoms with Crippen LogP contribution >= 0.6 is 15.9 Å². The summed E-state index contributed by atoms with van der Waals surface area (Å²) < 4.78 is 18.1. The van der Waals surface area contributed by atoms with E-state index in [-0.39, 0.29) is 28.8 Å². The van der Waals surface area contributed by atoms with Crippen molar-refractivity contribution < 1.29 is 19.0 Å². The summed E-state index contributed by atoms with van der Waals surface area (Å²) in [6, 6.07) is 12.7. The fourth-order valence-electron chi connectivity index (χ4n) is 5.38. The van der Waals surface area contributed by atoms with Gasteiger partial charge >= 0.3 is 5.97 Å². The first-order valence-electron chi connectivity index (χ1n) is 11.3. The lowest BCUT2D eigenvalue weighted by Gasteiger charge is -2.30. The molecule has 0 amide bonds. The Balaban J connectivity index is 1.54. The first kappa shape index (κ1) is 23.3. The van der Waals surface area contributed by atoms with Crippen LogP contribution in [0.1, 0.15) is 68.4 Å². The molecule has 0 saturated heterocycles. The first-order chi connectivity index (χ1) is 15.2. The minimum Gasteiger partial charge on any atom is -0.489 e. The van der Waals surface area contributed by atoms with E-state index in [2.05, 4.69) is 73.1 Å². The largest absolute Gasteiger partial charge is 0.489 e. The van der Waals surface area contributed by atoms with E-state index in [1.165, 1.54) is 18.2 Å². The second-order valence-electron chi connectivity index (χ2n) is 10.2. The number of hydrogen-bond acceptors (Lipinski definition) is 4. The molecule has 0 heterocycles. The summed E-state index contributed by atoms with van der Waals surface area (Å²) in [7, 11) is 3.24. The Labute approximate surface area is 199 Å². The van der Waals surface area contributed by atoms with Crippen molar-refractivity contribution in [2.75, 3.05) is 14.2 Å². The van der Waals surface area contributed by atoms with Gasteiger partial charge in [0.25, 0.3) is 0 Å². The average molecular weight is 501 g/mol. The summed E-state index contributed by atoms with van der Waals surface area (Å²) in [6.07, 6.45) is 4.09. The van der Waals surface area contributed by atoms with Gasteiger partial charge in [-0.15, -0.1) is 0 Å². The van der Waals surface area contributed by atoms with E-state index in [4.69, 9.17) is 14.2 Å². The smallest absolute Gasteiger partial charge is 0.309 e. The van der Waals surface area contributed by atoms with E-state index in [9.17, 15) is 4.79 Å².